The van der Waals surface area contributed by atoms with Crippen LogP contribution in [0.5, 0.6) is 0 Å². The maximum absolute atomic E-state index is 12.0. The number of amides is 1. The number of H-pyrrole nitrogens is 1. The highest BCUT2D eigenvalue weighted by Gasteiger charge is 2.20. The predicted molar refractivity (Wildman–Crippen MR) is 123 cm³/mol. The lowest BCUT2D eigenvalue weighted by Crippen LogP contribution is -2.36. The number of carbonyl (C=O) groups is 1. The van der Waals surface area contributed by atoms with Crippen molar-refractivity contribution in [3.63, 3.8) is 0 Å². The van der Waals surface area contributed by atoms with Gasteiger partial charge in [0.2, 0.25) is 0 Å². The Hall–Kier alpha value is -3.52. The zero-order chi connectivity index (χ0) is 21.5. The number of aromatic nitrogens is 1. The van der Waals surface area contributed by atoms with Crippen LogP contribution in [-0.4, -0.2) is 56.5 Å². The molecule has 0 unspecified atom stereocenters. The van der Waals surface area contributed by atoms with Crippen LogP contribution in [0.3, 0.4) is 0 Å². The first-order chi connectivity index (χ1) is 15.3. The quantitative estimate of drug-likeness (QED) is 0.236. The maximum Gasteiger partial charge on any atom is 0.253 e. The molecule has 8 nitrogen and oxygen atoms in total. The number of anilines is 1. The summed E-state index contributed by atoms with van der Waals surface area (Å²) in [5.41, 5.74) is 14.4. The number of aromatic amines is 1. The zero-order valence-corrected chi connectivity index (χ0v) is 17.4. The number of para-hydroxylation sites is 1. The van der Waals surface area contributed by atoms with Crippen LogP contribution in [0.2, 0.25) is 0 Å². The van der Waals surface area contributed by atoms with Gasteiger partial charge in [0.25, 0.3) is 5.91 Å². The fourth-order valence-electron chi connectivity index (χ4n) is 3.83. The third kappa shape index (κ3) is 4.97. The zero-order valence-electron chi connectivity index (χ0n) is 17.4. The number of fused-ring (bicyclic) bond motifs is 1. The van der Waals surface area contributed by atoms with Gasteiger partial charge in [0.1, 0.15) is 0 Å². The van der Waals surface area contributed by atoms with Gasteiger partial charge in [-0.2, -0.15) is 5.10 Å². The van der Waals surface area contributed by atoms with Crippen LogP contribution in [0.25, 0.3) is 5.57 Å². The Morgan fingerprint density at radius 1 is 1.29 bits per heavy atom. The summed E-state index contributed by atoms with van der Waals surface area (Å²) in [7, 11) is 0. The van der Waals surface area contributed by atoms with Crippen LogP contribution in [0.15, 0.2) is 53.8 Å². The van der Waals surface area contributed by atoms with Crippen LogP contribution in [0, 0.1) is 0 Å². The lowest BCUT2D eigenvalue weighted by Gasteiger charge is -2.29. The molecule has 0 saturated carbocycles. The number of morpholine rings is 1. The summed E-state index contributed by atoms with van der Waals surface area (Å²) >= 11 is 0. The minimum Gasteiger partial charge on any atom is -0.405 e. The minimum absolute atomic E-state index is 0.0403. The fraction of sp³-hybridized carbons (Fsp3) is 0.304. The summed E-state index contributed by atoms with van der Waals surface area (Å²) in [6.07, 6.45) is 7.94. The second-order valence-corrected chi connectivity index (χ2v) is 7.38. The van der Waals surface area contributed by atoms with Crippen molar-refractivity contribution < 1.29 is 9.53 Å². The number of nitrogens with zero attached hydrogens (tertiary/aromatic N) is 2. The maximum atomic E-state index is 12.0. The highest BCUT2D eigenvalue weighted by molar-refractivity contribution is 5.97. The molecule has 0 atom stereocenters. The van der Waals surface area contributed by atoms with Crippen molar-refractivity contribution in [3.8, 4) is 0 Å². The first-order valence-corrected chi connectivity index (χ1v) is 10.5. The molecule has 162 valence electrons. The van der Waals surface area contributed by atoms with Crippen LogP contribution in [-0.2, 0) is 11.2 Å². The highest BCUT2D eigenvalue weighted by Crippen LogP contribution is 2.22. The van der Waals surface area contributed by atoms with Gasteiger partial charge in [-0.25, -0.2) is 0 Å². The van der Waals surface area contributed by atoms with E-state index in [4.69, 9.17) is 10.5 Å². The van der Waals surface area contributed by atoms with E-state index in [1.165, 1.54) is 6.20 Å². The van der Waals surface area contributed by atoms with E-state index in [1.807, 2.05) is 36.6 Å². The highest BCUT2D eigenvalue weighted by atomic mass is 16.5. The Balaban J connectivity index is 1.42. The third-order valence-corrected chi connectivity index (χ3v) is 5.39. The molecule has 2 aromatic rings. The normalized spacial score (nSPS) is 17.2. The van der Waals surface area contributed by atoms with Gasteiger partial charge < -0.3 is 31.1 Å². The monoisotopic (exact) mass is 420 g/mol. The molecule has 1 saturated heterocycles. The molecule has 0 aliphatic carbocycles. The molecular formula is C23H28N6O2. The number of carbonyl (C=O) groups excluding carboxylic acids is 1. The summed E-state index contributed by atoms with van der Waals surface area (Å²) < 4.78 is 5.45. The first kappa shape index (κ1) is 20.7. The largest absolute Gasteiger partial charge is 0.405 e. The van der Waals surface area contributed by atoms with Crippen LogP contribution < -0.4 is 21.4 Å². The van der Waals surface area contributed by atoms with E-state index >= 15 is 0 Å². The number of benzene rings is 1. The Bertz CT molecular complexity index is 1000. The third-order valence-electron chi connectivity index (χ3n) is 5.39. The van der Waals surface area contributed by atoms with E-state index in [9.17, 15) is 4.79 Å². The second-order valence-electron chi connectivity index (χ2n) is 7.38. The topological polar surface area (TPSA) is 108 Å². The molecule has 0 spiro atoms. The van der Waals surface area contributed by atoms with Gasteiger partial charge in [-0.05, 0) is 30.0 Å². The van der Waals surface area contributed by atoms with Crippen LogP contribution >= 0.6 is 0 Å². The number of allylic oxidation sites excluding steroid dienone is 2. The van der Waals surface area contributed by atoms with Crippen molar-refractivity contribution in [2.45, 2.75) is 6.42 Å². The average molecular weight is 421 g/mol. The van der Waals surface area contributed by atoms with Crippen molar-refractivity contribution in [2.24, 2.45) is 10.8 Å². The van der Waals surface area contributed by atoms with Crippen molar-refractivity contribution in [1.82, 2.24) is 15.7 Å². The standard InChI is InChI=1S/C23H28N6O2/c24-8-5-17(21-15-19-20(28-21)7-9-25-23(19)30)6-10-26-27-16-18-3-1-2-4-22(18)29-11-13-31-14-12-29/h1-6,8,15-16,26,28H,7,9-14,24H2,(H,25,30)/b8-5-,17-6+,27-16+. The molecule has 1 aromatic heterocycles. The number of hydrogen-bond donors (Lipinski definition) is 4. The van der Waals surface area contributed by atoms with Gasteiger partial charge >= 0.3 is 0 Å². The van der Waals surface area contributed by atoms with Crippen molar-refractivity contribution in [1.29, 1.82) is 0 Å². The van der Waals surface area contributed by atoms with E-state index in [1.54, 1.807) is 0 Å². The number of ether oxygens (including phenoxy) is 1. The molecular weight excluding hydrogens is 392 g/mol. The summed E-state index contributed by atoms with van der Waals surface area (Å²) in [4.78, 5) is 17.7. The lowest BCUT2D eigenvalue weighted by atomic mass is 10.1. The summed E-state index contributed by atoms with van der Waals surface area (Å²) in [5, 5.41) is 7.26. The average Bonchev–Trinajstić information content (AvgIpc) is 3.25. The molecule has 1 fully saturated rings. The molecule has 1 aromatic carbocycles. The molecule has 2 aliphatic heterocycles. The Labute approximate surface area is 181 Å². The Kier molecular flexibility index (Phi) is 6.68. The van der Waals surface area contributed by atoms with Gasteiger partial charge in [-0.1, -0.05) is 24.3 Å². The summed E-state index contributed by atoms with van der Waals surface area (Å²) in [6.45, 7) is 4.43. The van der Waals surface area contributed by atoms with E-state index in [0.717, 1.165) is 60.9 Å². The SMILES string of the molecule is N/C=C\C(=C/CN/N=C/c1ccccc1N1CCOCC1)c1cc2c([nH]1)CCNC2=O. The Morgan fingerprint density at radius 3 is 2.94 bits per heavy atom. The van der Waals surface area contributed by atoms with E-state index in [-0.39, 0.29) is 5.91 Å². The molecule has 4 rings (SSSR count). The summed E-state index contributed by atoms with van der Waals surface area (Å²) in [6, 6.07) is 10.1. The van der Waals surface area contributed by atoms with E-state index in [2.05, 4.69) is 37.9 Å². The van der Waals surface area contributed by atoms with Gasteiger partial charge in [-0.15, -0.1) is 0 Å². The van der Waals surface area contributed by atoms with E-state index < -0.39 is 0 Å². The number of nitrogens with one attached hydrogen (secondary N) is 3. The lowest BCUT2D eigenvalue weighted by molar-refractivity contribution is 0.0946. The van der Waals surface area contributed by atoms with Crippen molar-refractivity contribution >= 4 is 23.4 Å². The number of rotatable bonds is 7. The van der Waals surface area contributed by atoms with Gasteiger partial charge in [0.15, 0.2) is 0 Å². The van der Waals surface area contributed by atoms with Crippen LogP contribution in [0.4, 0.5) is 5.69 Å². The molecule has 0 bridgehead atoms. The number of nitrogens with two attached hydrogens (primary N) is 1. The number of hydrogen-bond acceptors (Lipinski definition) is 6. The molecule has 0 radical (unpaired) electrons. The molecule has 2 aliphatic rings. The van der Waals surface area contributed by atoms with Crippen molar-refractivity contribution in [2.75, 3.05) is 44.3 Å². The molecule has 5 N–H and O–H groups in total. The minimum atomic E-state index is -0.0403. The number of hydrazone groups is 1. The fourth-order valence-corrected chi connectivity index (χ4v) is 3.83. The van der Waals surface area contributed by atoms with Gasteiger partial charge in [-0.3, -0.25) is 4.79 Å². The van der Waals surface area contributed by atoms with Crippen LogP contribution in [0.1, 0.15) is 27.3 Å². The smallest absolute Gasteiger partial charge is 0.253 e. The summed E-state index contributed by atoms with van der Waals surface area (Å²) in [5.74, 6) is -0.0403. The predicted octanol–water partition coefficient (Wildman–Crippen LogP) is 1.62. The molecule has 8 heteroatoms. The second kappa shape index (κ2) is 9.99. The van der Waals surface area contributed by atoms with Crippen molar-refractivity contribution in [3.05, 3.63) is 71.2 Å². The van der Waals surface area contributed by atoms with Gasteiger partial charge in [0.05, 0.1) is 31.5 Å². The van der Waals surface area contributed by atoms with Gasteiger partial charge in [0, 0.05) is 48.7 Å². The molecule has 1 amide bonds. The molecule has 31 heavy (non-hydrogen) atoms. The first-order valence-electron chi connectivity index (χ1n) is 10.5. The molecule has 3 heterocycles. The van der Waals surface area contributed by atoms with E-state index in [0.29, 0.717) is 18.7 Å². The Morgan fingerprint density at radius 2 is 2.13 bits per heavy atom.